The fourth-order valence-corrected chi connectivity index (χ4v) is 1.83. The zero-order valence-electron chi connectivity index (χ0n) is 11.2. The van der Waals surface area contributed by atoms with Gasteiger partial charge in [0.1, 0.15) is 6.23 Å². The summed E-state index contributed by atoms with van der Waals surface area (Å²) in [6, 6.07) is 0. The number of hydrogen-bond acceptors (Lipinski definition) is 5. The Morgan fingerprint density at radius 3 is 2.48 bits per heavy atom. The summed E-state index contributed by atoms with van der Waals surface area (Å²) in [5.74, 6) is 0. The first-order chi connectivity index (χ1) is 9.61. The van der Waals surface area contributed by atoms with Gasteiger partial charge in [0, 0.05) is 11.8 Å². The zero-order valence-corrected chi connectivity index (χ0v) is 12.9. The van der Waals surface area contributed by atoms with Crippen molar-refractivity contribution < 1.29 is 24.5 Å². The van der Waals surface area contributed by atoms with Gasteiger partial charge in [0.15, 0.2) is 0 Å². The molecule has 1 aliphatic rings. The molecule has 2 heterocycles. The number of aromatic amines is 1. The lowest BCUT2D eigenvalue weighted by Crippen LogP contribution is -2.33. The number of aliphatic hydroxyl groups excluding tert-OH is 1. The third-order valence-electron chi connectivity index (χ3n) is 2.74. The molecule has 1 aromatic rings. The average molecular weight is 340 g/mol. The van der Waals surface area contributed by atoms with E-state index < -0.39 is 12.4 Å². The average Bonchev–Trinajstić information content (AvgIpc) is 2.80. The van der Waals surface area contributed by atoms with Crippen LogP contribution in [-0.2, 0) is 16.5 Å². The van der Waals surface area contributed by atoms with Crippen molar-refractivity contribution in [3.05, 3.63) is 32.6 Å². The first-order valence-electron chi connectivity index (χ1n) is 5.98. The maximum absolute atomic E-state index is 11.5. The Morgan fingerprint density at radius 2 is 2.00 bits per heavy atom. The van der Waals surface area contributed by atoms with Gasteiger partial charge in [0.05, 0.1) is 12.7 Å². The molecule has 0 amide bonds. The molecule has 0 aliphatic carbocycles. The molecular formula is C10H17N2O7PS. The monoisotopic (exact) mass is 340 g/mol. The molecule has 120 valence electrons. The van der Waals surface area contributed by atoms with Crippen molar-refractivity contribution in [2.24, 2.45) is 0 Å². The van der Waals surface area contributed by atoms with Crippen LogP contribution in [0.1, 0.15) is 24.6 Å². The molecule has 5 N–H and O–H groups in total. The fourth-order valence-electron chi connectivity index (χ4n) is 1.83. The number of nitrogens with one attached hydrogen (secondary N) is 1. The van der Waals surface area contributed by atoms with Crippen LogP contribution in [0, 0.1) is 6.92 Å². The molecule has 1 fully saturated rings. The highest BCUT2D eigenvalue weighted by molar-refractivity contribution is 8.06. The molecule has 1 aliphatic heterocycles. The van der Waals surface area contributed by atoms with Crippen molar-refractivity contribution in [1.82, 2.24) is 9.55 Å². The quantitative estimate of drug-likeness (QED) is 0.418. The van der Waals surface area contributed by atoms with Crippen LogP contribution in [0.2, 0.25) is 0 Å². The Kier molecular flexibility index (Phi) is 6.41. The van der Waals surface area contributed by atoms with E-state index in [1.54, 1.807) is 6.92 Å². The Labute approximate surface area is 124 Å². The first-order valence-corrected chi connectivity index (χ1v) is 8.64. The molecule has 2 atom stereocenters. The van der Waals surface area contributed by atoms with E-state index in [9.17, 15) is 9.59 Å². The van der Waals surface area contributed by atoms with Crippen LogP contribution in [-0.4, -0.2) is 42.0 Å². The van der Waals surface area contributed by atoms with Crippen molar-refractivity contribution >= 4 is 18.5 Å². The van der Waals surface area contributed by atoms with Crippen LogP contribution in [0.25, 0.3) is 0 Å². The minimum absolute atomic E-state index is 0.0480. The minimum Gasteiger partial charge on any atom is -0.394 e. The minimum atomic E-state index is -3.81. The first kappa shape index (κ1) is 18.2. The van der Waals surface area contributed by atoms with E-state index in [0.29, 0.717) is 18.4 Å². The molecular weight excluding hydrogens is 323 g/mol. The van der Waals surface area contributed by atoms with Crippen molar-refractivity contribution in [1.29, 1.82) is 0 Å². The third kappa shape index (κ3) is 6.18. The maximum Gasteiger partial charge on any atom is 0.330 e. The fraction of sp³-hybridized carbons (Fsp3) is 0.600. The van der Waals surface area contributed by atoms with Gasteiger partial charge in [-0.1, -0.05) is 0 Å². The van der Waals surface area contributed by atoms with E-state index in [4.69, 9.17) is 24.5 Å². The van der Waals surface area contributed by atoms with Gasteiger partial charge >= 0.3 is 12.4 Å². The summed E-state index contributed by atoms with van der Waals surface area (Å²) < 4.78 is 6.83. The number of aromatic nitrogens is 2. The van der Waals surface area contributed by atoms with Crippen molar-refractivity contribution in [3.8, 4) is 0 Å². The topological polar surface area (TPSA) is 145 Å². The number of ether oxygens (including phenoxy) is 1. The molecule has 11 heteroatoms. The lowest BCUT2D eigenvalue weighted by molar-refractivity contribution is -0.0247. The van der Waals surface area contributed by atoms with E-state index in [-0.39, 0.29) is 24.5 Å². The number of nitrogens with zero attached hydrogens (tertiary/aromatic N) is 1. The van der Waals surface area contributed by atoms with Crippen molar-refractivity contribution in [2.45, 2.75) is 32.1 Å². The SMILES string of the molecule is Cc1cn([C@H]2CC[C@@H](CO)O2)c(=O)[nH]c1=O.OP(O)(O)=S. The molecule has 1 aromatic heterocycles. The smallest absolute Gasteiger partial charge is 0.330 e. The summed E-state index contributed by atoms with van der Waals surface area (Å²) in [7, 11) is 0. The molecule has 0 spiro atoms. The zero-order chi connectivity index (χ0) is 16.2. The predicted octanol–water partition coefficient (Wildman–Crippen LogP) is -1.30. The molecule has 0 unspecified atom stereocenters. The van der Waals surface area contributed by atoms with Gasteiger partial charge < -0.3 is 24.5 Å². The number of hydrogen-bond donors (Lipinski definition) is 5. The van der Waals surface area contributed by atoms with Gasteiger partial charge in [0.2, 0.25) is 0 Å². The van der Waals surface area contributed by atoms with E-state index in [1.165, 1.54) is 10.8 Å². The molecule has 9 nitrogen and oxygen atoms in total. The third-order valence-corrected chi connectivity index (χ3v) is 2.74. The normalized spacial score (nSPS) is 21.8. The van der Waals surface area contributed by atoms with Crippen LogP contribution in [0.3, 0.4) is 0 Å². The standard InChI is InChI=1S/C10H14N2O4.H3O3PS/c1-6-4-12(10(15)11-9(6)14)8-3-2-7(5-13)16-8;1-4(2,3)5/h4,7-8,13H,2-3,5H2,1H3,(H,11,14,15);(H3,1,2,3,5)/t7-,8+;/m0./s1. The highest BCUT2D eigenvalue weighted by Gasteiger charge is 2.26. The van der Waals surface area contributed by atoms with Crippen LogP contribution in [0.15, 0.2) is 15.8 Å². The summed E-state index contributed by atoms with van der Waals surface area (Å²) in [6.45, 7) is -2.22. The molecule has 0 bridgehead atoms. The molecule has 21 heavy (non-hydrogen) atoms. The second kappa shape index (κ2) is 7.41. The molecule has 0 aromatic carbocycles. The van der Waals surface area contributed by atoms with E-state index in [2.05, 4.69) is 16.8 Å². The highest BCUT2D eigenvalue weighted by Crippen LogP contribution is 2.27. The summed E-state index contributed by atoms with van der Waals surface area (Å²) in [6.07, 6.45) is 2.26. The highest BCUT2D eigenvalue weighted by atomic mass is 32.5. The van der Waals surface area contributed by atoms with Crippen LogP contribution < -0.4 is 11.2 Å². The lowest BCUT2D eigenvalue weighted by atomic mass is 10.2. The van der Waals surface area contributed by atoms with Crippen LogP contribution in [0.4, 0.5) is 0 Å². The van der Waals surface area contributed by atoms with E-state index in [1.807, 2.05) is 0 Å². The molecule has 0 saturated carbocycles. The molecule has 0 radical (unpaired) electrons. The number of rotatable bonds is 2. The van der Waals surface area contributed by atoms with Gasteiger partial charge in [-0.15, -0.1) is 0 Å². The largest absolute Gasteiger partial charge is 0.394 e. The Hall–Kier alpha value is -0.870. The van der Waals surface area contributed by atoms with Crippen molar-refractivity contribution in [2.75, 3.05) is 6.61 Å². The van der Waals surface area contributed by atoms with Crippen LogP contribution >= 0.6 is 6.72 Å². The Balaban J connectivity index is 0.000000383. The van der Waals surface area contributed by atoms with Gasteiger partial charge in [-0.3, -0.25) is 14.3 Å². The second-order valence-electron chi connectivity index (χ2n) is 4.46. The van der Waals surface area contributed by atoms with Crippen LogP contribution in [0.5, 0.6) is 0 Å². The van der Waals surface area contributed by atoms with Crippen molar-refractivity contribution in [3.63, 3.8) is 0 Å². The number of aliphatic hydroxyl groups is 1. The lowest BCUT2D eigenvalue weighted by Gasteiger charge is -2.14. The summed E-state index contributed by atoms with van der Waals surface area (Å²) in [5.41, 5.74) is -0.382. The second-order valence-corrected chi connectivity index (χ2v) is 6.96. The molecule has 1 saturated heterocycles. The Morgan fingerprint density at radius 1 is 1.43 bits per heavy atom. The van der Waals surface area contributed by atoms with E-state index >= 15 is 0 Å². The van der Waals surface area contributed by atoms with Gasteiger partial charge in [0.25, 0.3) is 5.56 Å². The number of aryl methyl sites for hydroxylation is 1. The predicted molar refractivity (Wildman–Crippen MR) is 77.2 cm³/mol. The summed E-state index contributed by atoms with van der Waals surface area (Å²) in [5, 5.41) is 8.93. The number of H-pyrrole nitrogens is 1. The van der Waals surface area contributed by atoms with Gasteiger partial charge in [-0.05, 0) is 31.6 Å². The maximum atomic E-state index is 11.5. The Bertz CT molecular complexity index is 629. The summed E-state index contributed by atoms with van der Waals surface area (Å²) >= 11 is 3.60. The van der Waals surface area contributed by atoms with Gasteiger partial charge in [-0.25, -0.2) is 4.79 Å². The van der Waals surface area contributed by atoms with Gasteiger partial charge in [-0.2, -0.15) is 0 Å². The van der Waals surface area contributed by atoms with E-state index in [0.717, 1.165) is 0 Å². The molecule has 2 rings (SSSR count). The summed E-state index contributed by atoms with van der Waals surface area (Å²) in [4.78, 5) is 47.6.